The number of anilines is 1. The Balaban J connectivity index is 2.95. The Labute approximate surface area is 124 Å². The molecular formula is C17H31N3. The molecule has 0 aliphatic rings. The first-order chi connectivity index (χ1) is 9.26. The lowest BCUT2D eigenvalue weighted by atomic mass is 10.1. The summed E-state index contributed by atoms with van der Waals surface area (Å²) in [4.78, 5) is 7.10. The number of nitrogens with zero attached hydrogens (tertiary/aromatic N) is 2. The highest BCUT2D eigenvalue weighted by atomic mass is 15.2. The highest BCUT2D eigenvalue weighted by Crippen LogP contribution is 2.19. The summed E-state index contributed by atoms with van der Waals surface area (Å²) in [7, 11) is 0. The van der Waals surface area contributed by atoms with Gasteiger partial charge in [-0.05, 0) is 65.7 Å². The zero-order valence-corrected chi connectivity index (χ0v) is 14.2. The van der Waals surface area contributed by atoms with Gasteiger partial charge < -0.3 is 10.2 Å². The van der Waals surface area contributed by atoms with Crippen LogP contribution < -0.4 is 10.2 Å². The summed E-state index contributed by atoms with van der Waals surface area (Å²) in [6.07, 6.45) is 1.14. The standard InChI is InChI=1S/C17H31N3/c1-8-14(4)20(9-2)16-11-15(10-13(3)19-16)12-18-17(5,6)7/h10-11,14,18H,8-9,12H2,1-7H3. The van der Waals surface area contributed by atoms with Gasteiger partial charge >= 0.3 is 0 Å². The highest BCUT2D eigenvalue weighted by molar-refractivity contribution is 5.43. The number of aryl methyl sites for hydroxylation is 1. The Morgan fingerprint density at radius 2 is 1.90 bits per heavy atom. The van der Waals surface area contributed by atoms with Crippen molar-refractivity contribution in [2.45, 2.75) is 73.0 Å². The fraction of sp³-hybridized carbons (Fsp3) is 0.706. The van der Waals surface area contributed by atoms with Crippen molar-refractivity contribution in [1.82, 2.24) is 10.3 Å². The molecule has 1 aromatic rings. The molecule has 0 saturated carbocycles. The Morgan fingerprint density at radius 1 is 1.25 bits per heavy atom. The molecule has 20 heavy (non-hydrogen) atoms. The SMILES string of the molecule is CCC(C)N(CC)c1cc(CNC(C)(C)C)cc(C)n1. The zero-order valence-electron chi connectivity index (χ0n) is 14.2. The minimum Gasteiger partial charge on any atom is -0.354 e. The second-order valence-electron chi connectivity index (χ2n) is 6.62. The molecule has 1 heterocycles. The molecule has 1 atom stereocenters. The van der Waals surface area contributed by atoms with E-state index in [0.29, 0.717) is 6.04 Å². The number of rotatable bonds is 6. The third-order valence-electron chi connectivity index (χ3n) is 3.58. The van der Waals surface area contributed by atoms with Crippen molar-refractivity contribution in [2.24, 2.45) is 0 Å². The van der Waals surface area contributed by atoms with Gasteiger partial charge in [0.1, 0.15) is 5.82 Å². The van der Waals surface area contributed by atoms with Gasteiger partial charge in [-0.15, -0.1) is 0 Å². The zero-order chi connectivity index (χ0) is 15.3. The Hall–Kier alpha value is -1.09. The summed E-state index contributed by atoms with van der Waals surface area (Å²) in [6, 6.07) is 4.92. The van der Waals surface area contributed by atoms with Crippen molar-refractivity contribution in [3.05, 3.63) is 23.4 Å². The van der Waals surface area contributed by atoms with Crippen LogP contribution in [0.4, 0.5) is 5.82 Å². The smallest absolute Gasteiger partial charge is 0.129 e. The van der Waals surface area contributed by atoms with Crippen molar-refractivity contribution < 1.29 is 0 Å². The molecule has 3 nitrogen and oxygen atoms in total. The average molecular weight is 277 g/mol. The minimum absolute atomic E-state index is 0.137. The predicted molar refractivity (Wildman–Crippen MR) is 88.3 cm³/mol. The molecule has 0 radical (unpaired) electrons. The van der Waals surface area contributed by atoms with E-state index in [1.54, 1.807) is 0 Å². The summed E-state index contributed by atoms with van der Waals surface area (Å²) in [5.41, 5.74) is 2.54. The molecule has 1 N–H and O–H groups in total. The van der Waals surface area contributed by atoms with Crippen LogP contribution in [-0.2, 0) is 6.54 Å². The van der Waals surface area contributed by atoms with E-state index in [1.807, 2.05) is 0 Å². The molecule has 0 spiro atoms. The maximum absolute atomic E-state index is 4.72. The molecule has 1 rings (SSSR count). The molecule has 0 amide bonds. The lowest BCUT2D eigenvalue weighted by Crippen LogP contribution is -2.35. The average Bonchev–Trinajstić information content (AvgIpc) is 2.35. The molecule has 0 saturated heterocycles. The molecule has 0 aromatic carbocycles. The van der Waals surface area contributed by atoms with E-state index in [9.17, 15) is 0 Å². The van der Waals surface area contributed by atoms with Gasteiger partial charge in [0.25, 0.3) is 0 Å². The maximum atomic E-state index is 4.72. The van der Waals surface area contributed by atoms with E-state index in [-0.39, 0.29) is 5.54 Å². The van der Waals surface area contributed by atoms with Crippen molar-refractivity contribution in [2.75, 3.05) is 11.4 Å². The van der Waals surface area contributed by atoms with Crippen LogP contribution in [0.15, 0.2) is 12.1 Å². The number of hydrogen-bond donors (Lipinski definition) is 1. The molecule has 0 fully saturated rings. The number of aromatic nitrogens is 1. The van der Waals surface area contributed by atoms with E-state index in [1.165, 1.54) is 5.56 Å². The van der Waals surface area contributed by atoms with E-state index in [4.69, 9.17) is 4.98 Å². The molecule has 0 aliphatic heterocycles. The van der Waals surface area contributed by atoms with E-state index in [0.717, 1.165) is 31.0 Å². The number of nitrogens with one attached hydrogen (secondary N) is 1. The van der Waals surface area contributed by atoms with Crippen molar-refractivity contribution in [1.29, 1.82) is 0 Å². The first-order valence-corrected chi connectivity index (χ1v) is 7.76. The van der Waals surface area contributed by atoms with Crippen molar-refractivity contribution in [3.8, 4) is 0 Å². The summed E-state index contributed by atoms with van der Waals surface area (Å²) in [5.74, 6) is 1.10. The highest BCUT2D eigenvalue weighted by Gasteiger charge is 2.14. The molecular weight excluding hydrogens is 246 g/mol. The topological polar surface area (TPSA) is 28.2 Å². The maximum Gasteiger partial charge on any atom is 0.129 e. The van der Waals surface area contributed by atoms with Crippen molar-refractivity contribution >= 4 is 5.82 Å². The number of hydrogen-bond acceptors (Lipinski definition) is 3. The first kappa shape index (κ1) is 17.0. The van der Waals surface area contributed by atoms with Gasteiger partial charge in [-0.2, -0.15) is 0 Å². The van der Waals surface area contributed by atoms with Gasteiger partial charge in [0.2, 0.25) is 0 Å². The van der Waals surface area contributed by atoms with Gasteiger partial charge in [-0.3, -0.25) is 0 Å². The first-order valence-electron chi connectivity index (χ1n) is 7.76. The lowest BCUT2D eigenvalue weighted by molar-refractivity contribution is 0.424. The molecule has 114 valence electrons. The third-order valence-corrected chi connectivity index (χ3v) is 3.58. The van der Waals surface area contributed by atoms with Crippen LogP contribution in [0.2, 0.25) is 0 Å². The van der Waals surface area contributed by atoms with E-state index in [2.05, 4.69) is 70.8 Å². The Morgan fingerprint density at radius 3 is 2.40 bits per heavy atom. The number of pyridine rings is 1. The van der Waals surface area contributed by atoms with E-state index < -0.39 is 0 Å². The lowest BCUT2D eigenvalue weighted by Gasteiger charge is -2.29. The second-order valence-corrected chi connectivity index (χ2v) is 6.62. The van der Waals surface area contributed by atoms with Gasteiger partial charge in [0.15, 0.2) is 0 Å². The van der Waals surface area contributed by atoms with Crippen LogP contribution in [0.5, 0.6) is 0 Å². The molecule has 1 unspecified atom stereocenters. The Kier molecular flexibility index (Phi) is 6.00. The fourth-order valence-electron chi connectivity index (χ4n) is 2.26. The van der Waals surface area contributed by atoms with E-state index >= 15 is 0 Å². The molecule has 0 bridgehead atoms. The Bertz CT molecular complexity index is 421. The van der Waals surface area contributed by atoms with Crippen LogP contribution in [-0.4, -0.2) is 23.1 Å². The fourth-order valence-corrected chi connectivity index (χ4v) is 2.26. The second kappa shape index (κ2) is 7.07. The monoisotopic (exact) mass is 277 g/mol. The van der Waals surface area contributed by atoms with Gasteiger partial charge in [-0.1, -0.05) is 6.92 Å². The predicted octanol–water partition coefficient (Wildman–Crippen LogP) is 3.90. The largest absolute Gasteiger partial charge is 0.354 e. The van der Waals surface area contributed by atoms with Gasteiger partial charge in [0.05, 0.1) is 0 Å². The molecule has 0 aliphatic carbocycles. The van der Waals surface area contributed by atoms with Gasteiger partial charge in [-0.25, -0.2) is 4.98 Å². The third kappa shape index (κ3) is 5.12. The summed E-state index contributed by atoms with van der Waals surface area (Å²) in [5, 5.41) is 3.55. The summed E-state index contributed by atoms with van der Waals surface area (Å²) >= 11 is 0. The van der Waals surface area contributed by atoms with Crippen LogP contribution in [0.1, 0.15) is 59.2 Å². The quantitative estimate of drug-likeness (QED) is 0.854. The van der Waals surface area contributed by atoms with Gasteiger partial charge in [0, 0.05) is 30.4 Å². The van der Waals surface area contributed by atoms with Crippen LogP contribution in [0, 0.1) is 6.92 Å². The van der Waals surface area contributed by atoms with Crippen LogP contribution in [0.25, 0.3) is 0 Å². The van der Waals surface area contributed by atoms with Crippen molar-refractivity contribution in [3.63, 3.8) is 0 Å². The molecule has 3 heteroatoms. The normalized spacial score (nSPS) is 13.3. The van der Waals surface area contributed by atoms with Crippen LogP contribution >= 0.6 is 0 Å². The minimum atomic E-state index is 0.137. The summed E-state index contributed by atoms with van der Waals surface area (Å²) < 4.78 is 0. The van der Waals surface area contributed by atoms with Crippen LogP contribution in [0.3, 0.4) is 0 Å². The molecule has 1 aromatic heterocycles. The summed E-state index contributed by atoms with van der Waals surface area (Å²) in [6.45, 7) is 17.2.